The number of thiazole rings is 1. The van der Waals surface area contributed by atoms with E-state index in [1.807, 2.05) is 0 Å². The summed E-state index contributed by atoms with van der Waals surface area (Å²) in [5.74, 6) is 0. The quantitative estimate of drug-likeness (QED) is 0.923. The Bertz CT molecular complexity index is 431. The molecule has 5 heteroatoms. The summed E-state index contributed by atoms with van der Waals surface area (Å²) in [6.45, 7) is 10.3. The van der Waals surface area contributed by atoms with E-state index in [1.165, 1.54) is 0 Å². The van der Waals surface area contributed by atoms with Gasteiger partial charge < -0.3 is 14.7 Å². The summed E-state index contributed by atoms with van der Waals surface area (Å²) in [5, 5.41) is 10.5. The topological polar surface area (TPSA) is 45.6 Å². The number of aliphatic hydroxyl groups excluding tert-OH is 1. The summed E-state index contributed by atoms with van der Waals surface area (Å²) < 4.78 is 5.92. The van der Waals surface area contributed by atoms with Crippen molar-refractivity contribution >= 4 is 16.5 Å². The molecule has 1 saturated heterocycles. The van der Waals surface area contributed by atoms with Crippen LogP contribution >= 0.6 is 11.3 Å². The molecule has 0 spiro atoms. The van der Waals surface area contributed by atoms with Gasteiger partial charge in [0.2, 0.25) is 0 Å². The van der Waals surface area contributed by atoms with E-state index in [4.69, 9.17) is 9.72 Å². The fourth-order valence-corrected chi connectivity index (χ4v) is 3.63. The first-order chi connectivity index (χ1) is 8.95. The van der Waals surface area contributed by atoms with Gasteiger partial charge in [-0.3, -0.25) is 0 Å². The third-order valence-corrected chi connectivity index (χ3v) is 4.38. The molecule has 1 N–H and O–H groups in total. The summed E-state index contributed by atoms with van der Waals surface area (Å²) in [5.41, 5.74) is 0.912. The Kier molecular flexibility index (Phi) is 4.48. The van der Waals surface area contributed by atoms with Gasteiger partial charge in [0.05, 0.1) is 28.9 Å². The fourth-order valence-electron chi connectivity index (χ4n) is 2.66. The third kappa shape index (κ3) is 3.46. The lowest BCUT2D eigenvalue weighted by Gasteiger charge is -2.41. The van der Waals surface area contributed by atoms with Crippen molar-refractivity contribution < 1.29 is 9.84 Å². The Balaban J connectivity index is 2.21. The predicted octanol–water partition coefficient (Wildman–Crippen LogP) is 2.59. The Morgan fingerprint density at radius 1 is 1.53 bits per heavy atom. The third-order valence-electron chi connectivity index (χ3n) is 3.24. The molecule has 1 aromatic heterocycles. The zero-order chi connectivity index (χ0) is 14.0. The smallest absolute Gasteiger partial charge is 0.186 e. The maximum atomic E-state index is 9.44. The minimum atomic E-state index is -0.145. The fraction of sp³-hybridized carbons (Fsp3) is 0.786. The van der Waals surface area contributed by atoms with Crippen molar-refractivity contribution in [2.75, 3.05) is 18.0 Å². The minimum Gasteiger partial charge on any atom is -0.391 e. The number of morpholine rings is 1. The first-order valence-electron chi connectivity index (χ1n) is 6.97. The monoisotopic (exact) mass is 284 g/mol. The van der Waals surface area contributed by atoms with Crippen molar-refractivity contribution in [2.45, 2.75) is 58.8 Å². The van der Waals surface area contributed by atoms with Crippen LogP contribution in [0.3, 0.4) is 0 Å². The van der Waals surface area contributed by atoms with Gasteiger partial charge >= 0.3 is 0 Å². The average Bonchev–Trinajstić information content (AvgIpc) is 2.70. The number of aliphatic hydroxyl groups is 1. The normalized spacial score (nSPS) is 22.8. The summed E-state index contributed by atoms with van der Waals surface area (Å²) in [4.78, 5) is 8.02. The molecule has 1 aromatic rings. The van der Waals surface area contributed by atoms with Crippen LogP contribution in [-0.2, 0) is 17.8 Å². The first kappa shape index (κ1) is 14.8. The van der Waals surface area contributed by atoms with Crippen LogP contribution in [-0.4, -0.2) is 34.9 Å². The van der Waals surface area contributed by atoms with Crippen molar-refractivity contribution in [3.63, 3.8) is 0 Å². The minimum absolute atomic E-state index is 0.0935. The van der Waals surface area contributed by atoms with Gasteiger partial charge in [-0.15, -0.1) is 0 Å². The highest BCUT2D eigenvalue weighted by Gasteiger charge is 2.32. The molecule has 4 nitrogen and oxygen atoms in total. The van der Waals surface area contributed by atoms with Crippen LogP contribution in [0.2, 0.25) is 0 Å². The van der Waals surface area contributed by atoms with E-state index in [9.17, 15) is 5.11 Å². The maximum Gasteiger partial charge on any atom is 0.186 e. The van der Waals surface area contributed by atoms with E-state index < -0.39 is 0 Å². The second-order valence-electron chi connectivity index (χ2n) is 5.84. The molecule has 0 radical (unpaired) electrons. The van der Waals surface area contributed by atoms with Gasteiger partial charge in [0.25, 0.3) is 0 Å². The number of rotatable bonds is 4. The lowest BCUT2D eigenvalue weighted by molar-refractivity contribution is -0.0749. The average molecular weight is 284 g/mol. The van der Waals surface area contributed by atoms with E-state index in [1.54, 1.807) is 11.3 Å². The van der Waals surface area contributed by atoms with Gasteiger partial charge in [-0.2, -0.15) is 0 Å². The van der Waals surface area contributed by atoms with Crippen molar-refractivity contribution in [3.05, 3.63) is 10.6 Å². The summed E-state index contributed by atoms with van der Waals surface area (Å²) >= 11 is 1.62. The molecule has 2 heterocycles. The van der Waals surface area contributed by atoms with Gasteiger partial charge in [0, 0.05) is 13.1 Å². The molecule has 19 heavy (non-hydrogen) atoms. The molecule has 2 rings (SSSR count). The molecule has 1 unspecified atom stereocenters. The van der Waals surface area contributed by atoms with Crippen molar-refractivity contribution in [1.82, 2.24) is 4.98 Å². The largest absolute Gasteiger partial charge is 0.391 e. The number of hydrogen-bond acceptors (Lipinski definition) is 5. The van der Waals surface area contributed by atoms with Crippen LogP contribution in [0.15, 0.2) is 0 Å². The summed E-state index contributed by atoms with van der Waals surface area (Å²) in [7, 11) is 0. The molecule has 0 aromatic carbocycles. The van der Waals surface area contributed by atoms with E-state index in [-0.39, 0.29) is 18.3 Å². The lowest BCUT2D eigenvalue weighted by Crippen LogP contribution is -2.52. The lowest BCUT2D eigenvalue weighted by atomic mass is 10.1. The molecule has 1 aliphatic heterocycles. The van der Waals surface area contributed by atoms with Crippen LogP contribution in [0.5, 0.6) is 0 Å². The van der Waals surface area contributed by atoms with Crippen LogP contribution < -0.4 is 4.90 Å². The molecule has 0 aliphatic carbocycles. The zero-order valence-electron chi connectivity index (χ0n) is 12.3. The van der Waals surface area contributed by atoms with Crippen molar-refractivity contribution in [1.29, 1.82) is 0 Å². The van der Waals surface area contributed by atoms with E-state index >= 15 is 0 Å². The molecule has 1 atom stereocenters. The Morgan fingerprint density at radius 3 is 2.84 bits per heavy atom. The molecule has 108 valence electrons. The maximum absolute atomic E-state index is 9.44. The zero-order valence-corrected chi connectivity index (χ0v) is 13.1. The van der Waals surface area contributed by atoms with E-state index in [2.05, 4.69) is 32.6 Å². The standard InChI is InChI=1S/C14H24N2O2S/c1-5-6-11-12(8-17)19-13(15-11)16-7-10(2)18-14(3,4)9-16/h10,17H,5-9H2,1-4H3. The second-order valence-corrected chi connectivity index (χ2v) is 6.91. The molecule has 1 fully saturated rings. The Morgan fingerprint density at radius 2 is 2.26 bits per heavy atom. The first-order valence-corrected chi connectivity index (χ1v) is 7.79. The van der Waals surface area contributed by atoms with E-state index in [0.29, 0.717) is 0 Å². The number of ether oxygens (including phenoxy) is 1. The van der Waals surface area contributed by atoms with Crippen LogP contribution in [0.1, 0.15) is 44.7 Å². The number of aromatic nitrogens is 1. The van der Waals surface area contributed by atoms with Crippen molar-refractivity contribution in [2.24, 2.45) is 0 Å². The van der Waals surface area contributed by atoms with Gasteiger partial charge in [-0.25, -0.2) is 4.98 Å². The van der Waals surface area contributed by atoms with Gasteiger partial charge in [-0.05, 0) is 27.2 Å². The molecule has 0 bridgehead atoms. The SMILES string of the molecule is CCCc1nc(N2CC(C)OC(C)(C)C2)sc1CO. The Hall–Kier alpha value is -0.650. The summed E-state index contributed by atoms with van der Waals surface area (Å²) in [6.07, 6.45) is 2.21. The Labute approximate surface area is 119 Å². The van der Waals surface area contributed by atoms with Crippen LogP contribution in [0, 0.1) is 0 Å². The van der Waals surface area contributed by atoms with Crippen LogP contribution in [0.25, 0.3) is 0 Å². The number of anilines is 1. The highest BCUT2D eigenvalue weighted by atomic mass is 32.1. The summed E-state index contributed by atoms with van der Waals surface area (Å²) in [6, 6.07) is 0. The number of aryl methyl sites for hydroxylation is 1. The molecular weight excluding hydrogens is 260 g/mol. The number of nitrogens with zero attached hydrogens (tertiary/aromatic N) is 2. The van der Waals surface area contributed by atoms with Gasteiger partial charge in [0.1, 0.15) is 0 Å². The predicted molar refractivity (Wildman–Crippen MR) is 78.9 cm³/mol. The van der Waals surface area contributed by atoms with Crippen molar-refractivity contribution in [3.8, 4) is 0 Å². The molecule has 0 saturated carbocycles. The second kappa shape index (κ2) is 5.77. The molecule has 1 aliphatic rings. The highest BCUT2D eigenvalue weighted by molar-refractivity contribution is 7.15. The van der Waals surface area contributed by atoms with Gasteiger partial charge in [-0.1, -0.05) is 24.7 Å². The molecular formula is C14H24N2O2S. The van der Waals surface area contributed by atoms with Gasteiger partial charge in [0.15, 0.2) is 5.13 Å². The highest BCUT2D eigenvalue weighted by Crippen LogP contribution is 2.31. The van der Waals surface area contributed by atoms with Crippen LogP contribution in [0.4, 0.5) is 5.13 Å². The number of hydrogen-bond donors (Lipinski definition) is 1. The van der Waals surface area contributed by atoms with E-state index in [0.717, 1.165) is 41.6 Å². The molecule has 0 amide bonds.